The van der Waals surface area contributed by atoms with Crippen LogP contribution in [-0.4, -0.2) is 67.7 Å². The van der Waals surface area contributed by atoms with Gasteiger partial charge in [-0.2, -0.15) is 5.10 Å². The molecule has 0 atom stereocenters. The molecule has 31 heavy (non-hydrogen) atoms. The zero-order valence-corrected chi connectivity index (χ0v) is 19.2. The van der Waals surface area contributed by atoms with E-state index in [4.69, 9.17) is 11.6 Å². The van der Waals surface area contributed by atoms with Gasteiger partial charge in [0, 0.05) is 56.5 Å². The minimum Gasteiger partial charge on any atom is -0.372 e. The normalized spacial score (nSPS) is 15.3. The highest BCUT2D eigenvalue weighted by atomic mass is 35.5. The molecule has 3 rings (SSSR count). The van der Waals surface area contributed by atoms with Crippen molar-refractivity contribution in [3.05, 3.63) is 64.7 Å². The van der Waals surface area contributed by atoms with Crippen molar-refractivity contribution in [2.24, 2.45) is 5.10 Å². The summed E-state index contributed by atoms with van der Waals surface area (Å²) >= 11 is 6.26. The van der Waals surface area contributed by atoms with Crippen molar-refractivity contribution in [1.29, 1.82) is 0 Å². The third kappa shape index (κ3) is 7.06. The molecule has 2 aromatic carbocycles. The maximum absolute atomic E-state index is 12.2. The minimum atomic E-state index is -0.0874. The van der Waals surface area contributed by atoms with Crippen LogP contribution in [0.2, 0.25) is 5.02 Å². The van der Waals surface area contributed by atoms with Gasteiger partial charge in [-0.25, -0.2) is 5.43 Å². The molecular formula is C24H32ClN5O. The summed E-state index contributed by atoms with van der Waals surface area (Å²) in [6.45, 7) is 11.0. The first-order valence-electron chi connectivity index (χ1n) is 10.9. The van der Waals surface area contributed by atoms with E-state index in [2.05, 4.69) is 57.3 Å². The van der Waals surface area contributed by atoms with Crippen LogP contribution in [0.25, 0.3) is 0 Å². The molecule has 0 aliphatic carbocycles. The molecule has 2 aromatic rings. The first-order valence-corrected chi connectivity index (χ1v) is 11.3. The molecule has 0 aromatic heterocycles. The fourth-order valence-electron chi connectivity index (χ4n) is 3.75. The van der Waals surface area contributed by atoms with Crippen LogP contribution < -0.4 is 10.3 Å². The maximum atomic E-state index is 12.2. The second kappa shape index (κ2) is 11.8. The zero-order chi connectivity index (χ0) is 22.1. The standard InChI is InChI=1S/C24H32ClN5O/c1-3-30(4-2)22-11-9-20(10-12-22)17-26-27-24(31)19-29-15-13-28(14-16-29)18-21-7-5-6-8-23(21)25/h5-12,17H,3-4,13-16,18-19H2,1-2H3,(H,27,31). The molecule has 1 heterocycles. The number of anilines is 1. The lowest BCUT2D eigenvalue weighted by Gasteiger charge is -2.34. The van der Waals surface area contributed by atoms with Gasteiger partial charge in [-0.3, -0.25) is 14.6 Å². The van der Waals surface area contributed by atoms with Crippen molar-refractivity contribution in [2.75, 3.05) is 50.7 Å². The second-order valence-corrected chi connectivity index (χ2v) is 8.11. The number of amides is 1. The van der Waals surface area contributed by atoms with Crippen LogP contribution in [0, 0.1) is 0 Å². The first kappa shape index (κ1) is 23.3. The van der Waals surface area contributed by atoms with Gasteiger partial charge in [-0.15, -0.1) is 0 Å². The highest BCUT2D eigenvalue weighted by molar-refractivity contribution is 6.31. The van der Waals surface area contributed by atoms with Gasteiger partial charge in [0.05, 0.1) is 12.8 Å². The number of hydrogen-bond acceptors (Lipinski definition) is 5. The fourth-order valence-corrected chi connectivity index (χ4v) is 3.95. The van der Waals surface area contributed by atoms with Crippen molar-refractivity contribution < 1.29 is 4.79 Å². The molecule has 0 spiro atoms. The summed E-state index contributed by atoms with van der Waals surface area (Å²) in [7, 11) is 0. The SMILES string of the molecule is CCN(CC)c1ccc(C=NNC(=O)CN2CCN(Cc3ccccc3Cl)CC2)cc1. The molecule has 1 saturated heterocycles. The number of nitrogens with zero attached hydrogens (tertiary/aromatic N) is 4. The van der Waals surface area contributed by atoms with E-state index in [0.717, 1.165) is 62.0 Å². The van der Waals surface area contributed by atoms with Crippen LogP contribution in [-0.2, 0) is 11.3 Å². The average Bonchev–Trinajstić information content (AvgIpc) is 2.78. The number of halogens is 1. The second-order valence-electron chi connectivity index (χ2n) is 7.70. The lowest BCUT2D eigenvalue weighted by molar-refractivity contribution is -0.122. The Morgan fingerprint density at radius 3 is 2.32 bits per heavy atom. The Labute approximate surface area is 190 Å². The smallest absolute Gasteiger partial charge is 0.254 e. The molecule has 1 amide bonds. The van der Waals surface area contributed by atoms with E-state index in [0.29, 0.717) is 6.54 Å². The molecule has 7 heteroatoms. The lowest BCUT2D eigenvalue weighted by Crippen LogP contribution is -2.48. The number of rotatable bonds is 9. The minimum absolute atomic E-state index is 0.0874. The van der Waals surface area contributed by atoms with Gasteiger partial charge in [0.2, 0.25) is 0 Å². The summed E-state index contributed by atoms with van der Waals surface area (Å²) in [5.41, 5.74) is 5.95. The summed E-state index contributed by atoms with van der Waals surface area (Å²) in [5, 5.41) is 4.92. The van der Waals surface area contributed by atoms with E-state index in [9.17, 15) is 4.79 Å². The fraction of sp³-hybridized carbons (Fsp3) is 0.417. The average molecular weight is 442 g/mol. The largest absolute Gasteiger partial charge is 0.372 e. The Morgan fingerprint density at radius 1 is 1.03 bits per heavy atom. The molecule has 0 unspecified atom stereocenters. The van der Waals surface area contributed by atoms with E-state index in [1.165, 1.54) is 5.69 Å². The number of hydrazone groups is 1. The van der Waals surface area contributed by atoms with Crippen molar-refractivity contribution in [2.45, 2.75) is 20.4 Å². The predicted molar refractivity (Wildman–Crippen MR) is 129 cm³/mol. The third-order valence-corrected chi connectivity index (χ3v) is 5.98. The van der Waals surface area contributed by atoms with Gasteiger partial charge in [0.1, 0.15) is 0 Å². The number of piperazine rings is 1. The summed E-state index contributed by atoms with van der Waals surface area (Å²) in [4.78, 5) is 19.1. The zero-order valence-electron chi connectivity index (χ0n) is 18.4. The summed E-state index contributed by atoms with van der Waals surface area (Å²) in [5.74, 6) is -0.0874. The molecule has 0 bridgehead atoms. The maximum Gasteiger partial charge on any atom is 0.254 e. The van der Waals surface area contributed by atoms with Crippen molar-refractivity contribution in [3.63, 3.8) is 0 Å². The van der Waals surface area contributed by atoms with E-state index in [1.807, 2.05) is 30.3 Å². The van der Waals surface area contributed by atoms with Crippen molar-refractivity contribution in [1.82, 2.24) is 15.2 Å². The molecule has 1 aliphatic rings. The number of nitrogens with one attached hydrogen (secondary N) is 1. The van der Waals surface area contributed by atoms with Crippen LogP contribution in [0.3, 0.4) is 0 Å². The quantitative estimate of drug-likeness (QED) is 0.478. The Kier molecular flexibility index (Phi) is 8.88. The number of hydrogen-bond donors (Lipinski definition) is 1. The Balaban J connectivity index is 1.39. The number of carbonyl (C=O) groups excluding carboxylic acids is 1. The molecule has 1 fully saturated rings. The molecule has 0 saturated carbocycles. The molecular weight excluding hydrogens is 410 g/mol. The van der Waals surface area contributed by atoms with Crippen molar-refractivity contribution >= 4 is 29.4 Å². The van der Waals surface area contributed by atoms with E-state index < -0.39 is 0 Å². The van der Waals surface area contributed by atoms with Crippen molar-refractivity contribution in [3.8, 4) is 0 Å². The van der Waals surface area contributed by atoms with Gasteiger partial charge >= 0.3 is 0 Å². The first-order chi connectivity index (χ1) is 15.1. The monoisotopic (exact) mass is 441 g/mol. The van der Waals surface area contributed by atoms with Gasteiger partial charge in [0.25, 0.3) is 5.91 Å². The van der Waals surface area contributed by atoms with Crippen LogP contribution in [0.1, 0.15) is 25.0 Å². The van der Waals surface area contributed by atoms with Crippen LogP contribution in [0.15, 0.2) is 53.6 Å². The van der Waals surface area contributed by atoms with Crippen LogP contribution in [0.5, 0.6) is 0 Å². The third-order valence-electron chi connectivity index (χ3n) is 5.61. The van der Waals surface area contributed by atoms with Crippen LogP contribution in [0.4, 0.5) is 5.69 Å². The lowest BCUT2D eigenvalue weighted by atomic mass is 10.2. The Hall–Kier alpha value is -2.41. The summed E-state index contributed by atoms with van der Waals surface area (Å²) in [6, 6.07) is 16.2. The molecule has 1 N–H and O–H groups in total. The molecule has 0 radical (unpaired) electrons. The highest BCUT2D eigenvalue weighted by Crippen LogP contribution is 2.18. The predicted octanol–water partition coefficient (Wildman–Crippen LogP) is 3.45. The molecule has 6 nitrogen and oxygen atoms in total. The summed E-state index contributed by atoms with van der Waals surface area (Å²) < 4.78 is 0. The molecule has 1 aliphatic heterocycles. The number of carbonyl (C=O) groups is 1. The van der Waals surface area contributed by atoms with E-state index in [1.54, 1.807) is 6.21 Å². The Bertz CT molecular complexity index is 859. The van der Waals surface area contributed by atoms with Gasteiger partial charge in [0.15, 0.2) is 0 Å². The van der Waals surface area contributed by atoms with Gasteiger partial charge < -0.3 is 4.90 Å². The molecule has 166 valence electrons. The topological polar surface area (TPSA) is 51.2 Å². The van der Waals surface area contributed by atoms with E-state index in [-0.39, 0.29) is 5.91 Å². The summed E-state index contributed by atoms with van der Waals surface area (Å²) in [6.07, 6.45) is 1.69. The Morgan fingerprint density at radius 2 is 1.68 bits per heavy atom. The van der Waals surface area contributed by atoms with Gasteiger partial charge in [-0.05, 0) is 43.2 Å². The van der Waals surface area contributed by atoms with E-state index >= 15 is 0 Å². The van der Waals surface area contributed by atoms with Crippen LogP contribution >= 0.6 is 11.6 Å². The number of benzene rings is 2. The highest BCUT2D eigenvalue weighted by Gasteiger charge is 2.19. The van der Waals surface area contributed by atoms with Gasteiger partial charge in [-0.1, -0.05) is 41.9 Å².